The Kier molecular flexibility index (Phi) is 4.88. The highest BCUT2D eigenvalue weighted by molar-refractivity contribution is 6.31. The van der Waals surface area contributed by atoms with Gasteiger partial charge >= 0.3 is 0 Å². The van der Waals surface area contributed by atoms with Crippen molar-refractivity contribution in [1.29, 1.82) is 0 Å². The van der Waals surface area contributed by atoms with Gasteiger partial charge in [0, 0.05) is 46.5 Å². The SMILES string of the molecule is COCCN1CCCC2(CCN(C(=O)c3cc(Cl)cn3C)C2)C1=O. The second-order valence-electron chi connectivity index (χ2n) is 6.80. The van der Waals surface area contributed by atoms with E-state index in [1.165, 1.54) is 0 Å². The molecular formula is C17H24ClN3O3. The van der Waals surface area contributed by atoms with E-state index in [2.05, 4.69) is 0 Å². The molecule has 0 N–H and O–H groups in total. The number of methoxy groups -OCH3 is 1. The highest BCUT2D eigenvalue weighted by Crippen LogP contribution is 2.40. The van der Waals surface area contributed by atoms with Gasteiger partial charge in [0.1, 0.15) is 5.69 Å². The van der Waals surface area contributed by atoms with E-state index in [-0.39, 0.29) is 11.8 Å². The van der Waals surface area contributed by atoms with Crippen LogP contribution in [0.3, 0.4) is 0 Å². The van der Waals surface area contributed by atoms with Gasteiger partial charge in [-0.05, 0) is 25.3 Å². The lowest BCUT2D eigenvalue weighted by atomic mass is 9.78. The van der Waals surface area contributed by atoms with Crippen molar-refractivity contribution in [2.75, 3.05) is 39.9 Å². The van der Waals surface area contributed by atoms with E-state index in [0.717, 1.165) is 25.8 Å². The van der Waals surface area contributed by atoms with E-state index in [0.29, 0.717) is 37.0 Å². The van der Waals surface area contributed by atoms with Gasteiger partial charge in [0.15, 0.2) is 0 Å². The van der Waals surface area contributed by atoms with Gasteiger partial charge in [-0.15, -0.1) is 0 Å². The second-order valence-corrected chi connectivity index (χ2v) is 7.24. The van der Waals surface area contributed by atoms with E-state index < -0.39 is 5.41 Å². The maximum absolute atomic E-state index is 12.9. The summed E-state index contributed by atoms with van der Waals surface area (Å²) in [5, 5.41) is 0.550. The van der Waals surface area contributed by atoms with Gasteiger partial charge in [0.25, 0.3) is 5.91 Å². The van der Waals surface area contributed by atoms with E-state index in [4.69, 9.17) is 16.3 Å². The number of ether oxygens (including phenoxy) is 1. The third-order valence-corrected chi connectivity index (χ3v) is 5.43. The molecule has 24 heavy (non-hydrogen) atoms. The first-order valence-corrected chi connectivity index (χ1v) is 8.74. The monoisotopic (exact) mass is 353 g/mol. The minimum Gasteiger partial charge on any atom is -0.383 e. The van der Waals surface area contributed by atoms with E-state index in [9.17, 15) is 9.59 Å². The molecular weight excluding hydrogens is 330 g/mol. The third kappa shape index (κ3) is 3.05. The number of aromatic nitrogens is 1. The number of carbonyl (C=O) groups is 2. The van der Waals surface area contributed by atoms with Crippen LogP contribution in [0.4, 0.5) is 0 Å². The van der Waals surface area contributed by atoms with Crippen molar-refractivity contribution in [2.24, 2.45) is 12.5 Å². The van der Waals surface area contributed by atoms with Gasteiger partial charge < -0.3 is 19.1 Å². The number of piperidine rings is 1. The van der Waals surface area contributed by atoms with Crippen molar-refractivity contribution in [2.45, 2.75) is 19.3 Å². The highest BCUT2D eigenvalue weighted by Gasteiger charge is 2.49. The van der Waals surface area contributed by atoms with Crippen LogP contribution in [-0.2, 0) is 16.6 Å². The predicted octanol–water partition coefficient (Wildman–Crippen LogP) is 1.78. The quantitative estimate of drug-likeness (QED) is 0.829. The molecule has 2 fully saturated rings. The predicted molar refractivity (Wildman–Crippen MR) is 91.1 cm³/mol. The molecule has 7 heteroatoms. The zero-order valence-electron chi connectivity index (χ0n) is 14.3. The number of rotatable bonds is 4. The molecule has 0 radical (unpaired) electrons. The van der Waals surface area contributed by atoms with Crippen LogP contribution in [0.5, 0.6) is 0 Å². The molecule has 1 spiro atoms. The topological polar surface area (TPSA) is 54.8 Å². The molecule has 132 valence electrons. The van der Waals surface area contributed by atoms with E-state index in [1.807, 2.05) is 11.9 Å². The molecule has 3 heterocycles. The Morgan fingerprint density at radius 1 is 1.38 bits per heavy atom. The Morgan fingerprint density at radius 3 is 2.83 bits per heavy atom. The average molecular weight is 354 g/mol. The summed E-state index contributed by atoms with van der Waals surface area (Å²) >= 11 is 5.99. The minimum atomic E-state index is -0.420. The van der Waals surface area contributed by atoms with Gasteiger partial charge in [0.05, 0.1) is 17.0 Å². The summed E-state index contributed by atoms with van der Waals surface area (Å²) in [5.74, 6) is 0.120. The number of amides is 2. The average Bonchev–Trinajstić information content (AvgIpc) is 3.12. The molecule has 1 aromatic heterocycles. The van der Waals surface area contributed by atoms with Crippen molar-refractivity contribution in [3.8, 4) is 0 Å². The van der Waals surface area contributed by atoms with Crippen LogP contribution in [0.25, 0.3) is 0 Å². The zero-order chi connectivity index (χ0) is 17.3. The molecule has 1 aromatic rings. The molecule has 3 rings (SSSR count). The highest BCUT2D eigenvalue weighted by atomic mass is 35.5. The summed E-state index contributed by atoms with van der Waals surface area (Å²) in [6, 6.07) is 1.68. The molecule has 0 aromatic carbocycles. The van der Waals surface area contributed by atoms with Gasteiger partial charge in [-0.25, -0.2) is 0 Å². The molecule has 2 aliphatic heterocycles. The smallest absolute Gasteiger partial charge is 0.270 e. The van der Waals surface area contributed by atoms with Crippen molar-refractivity contribution in [3.63, 3.8) is 0 Å². The van der Waals surface area contributed by atoms with Crippen LogP contribution in [0, 0.1) is 5.41 Å². The lowest BCUT2D eigenvalue weighted by molar-refractivity contribution is -0.146. The van der Waals surface area contributed by atoms with Crippen LogP contribution in [0.15, 0.2) is 12.3 Å². The molecule has 2 aliphatic rings. The zero-order valence-corrected chi connectivity index (χ0v) is 15.0. The van der Waals surface area contributed by atoms with Gasteiger partial charge in [-0.1, -0.05) is 11.6 Å². The largest absolute Gasteiger partial charge is 0.383 e. The van der Waals surface area contributed by atoms with Crippen molar-refractivity contribution in [1.82, 2.24) is 14.4 Å². The Bertz CT molecular complexity index is 645. The number of aryl methyl sites for hydroxylation is 1. The fourth-order valence-corrected chi connectivity index (χ4v) is 4.14. The summed E-state index contributed by atoms with van der Waals surface area (Å²) < 4.78 is 6.84. The van der Waals surface area contributed by atoms with Crippen LogP contribution in [0.1, 0.15) is 29.8 Å². The van der Waals surface area contributed by atoms with E-state index in [1.54, 1.807) is 28.8 Å². The third-order valence-electron chi connectivity index (χ3n) is 5.22. The van der Waals surface area contributed by atoms with Crippen molar-refractivity contribution < 1.29 is 14.3 Å². The van der Waals surface area contributed by atoms with Crippen LogP contribution < -0.4 is 0 Å². The number of halogens is 1. The lowest BCUT2D eigenvalue weighted by Gasteiger charge is -2.39. The Labute approximate surface area is 147 Å². The fourth-order valence-electron chi connectivity index (χ4n) is 3.89. The summed E-state index contributed by atoms with van der Waals surface area (Å²) in [4.78, 5) is 29.4. The fraction of sp³-hybridized carbons (Fsp3) is 0.647. The molecule has 0 bridgehead atoms. The molecule has 0 aliphatic carbocycles. The summed E-state index contributed by atoms with van der Waals surface area (Å²) in [7, 11) is 3.45. The maximum Gasteiger partial charge on any atom is 0.270 e. The Balaban J connectivity index is 1.72. The molecule has 2 saturated heterocycles. The van der Waals surface area contributed by atoms with Gasteiger partial charge in [-0.2, -0.15) is 0 Å². The summed E-state index contributed by atoms with van der Waals surface area (Å²) in [6.07, 6.45) is 4.29. The first kappa shape index (κ1) is 17.3. The molecule has 1 atom stereocenters. The first-order chi connectivity index (χ1) is 11.5. The van der Waals surface area contributed by atoms with Crippen LogP contribution in [0.2, 0.25) is 5.02 Å². The van der Waals surface area contributed by atoms with Crippen molar-refractivity contribution in [3.05, 3.63) is 23.0 Å². The van der Waals surface area contributed by atoms with Crippen LogP contribution >= 0.6 is 11.6 Å². The normalized spacial score (nSPS) is 24.2. The number of hydrogen-bond acceptors (Lipinski definition) is 3. The minimum absolute atomic E-state index is 0.0527. The lowest BCUT2D eigenvalue weighted by Crippen LogP contribution is -2.51. The molecule has 6 nitrogen and oxygen atoms in total. The molecule has 1 unspecified atom stereocenters. The summed E-state index contributed by atoms with van der Waals surface area (Å²) in [6.45, 7) is 3.07. The van der Waals surface area contributed by atoms with Crippen LogP contribution in [-0.4, -0.2) is 66.1 Å². The standard InChI is InChI=1S/C17H24ClN3O3/c1-19-11-13(18)10-14(19)15(22)21-7-5-17(12-21)4-3-6-20(16(17)23)8-9-24-2/h10-11H,3-9,12H2,1-2H3. The Morgan fingerprint density at radius 2 is 2.17 bits per heavy atom. The summed E-state index contributed by atoms with van der Waals surface area (Å²) in [5.41, 5.74) is 0.146. The Hall–Kier alpha value is -1.53. The maximum atomic E-state index is 12.9. The van der Waals surface area contributed by atoms with Crippen molar-refractivity contribution >= 4 is 23.4 Å². The first-order valence-electron chi connectivity index (χ1n) is 8.36. The number of nitrogens with zero attached hydrogens (tertiary/aromatic N) is 3. The number of carbonyl (C=O) groups excluding carboxylic acids is 2. The van der Waals surface area contributed by atoms with Gasteiger partial charge in [-0.3, -0.25) is 9.59 Å². The second kappa shape index (κ2) is 6.76. The number of hydrogen-bond donors (Lipinski definition) is 0. The number of likely N-dealkylation sites (tertiary alicyclic amines) is 2. The molecule has 2 amide bonds. The van der Waals surface area contributed by atoms with E-state index >= 15 is 0 Å². The van der Waals surface area contributed by atoms with Gasteiger partial charge in [0.2, 0.25) is 5.91 Å². The molecule has 0 saturated carbocycles.